The van der Waals surface area contributed by atoms with Crippen molar-refractivity contribution in [2.45, 2.75) is 6.42 Å². The first-order valence-electron chi connectivity index (χ1n) is 9.10. The van der Waals surface area contributed by atoms with E-state index in [9.17, 15) is 13.6 Å². The predicted molar refractivity (Wildman–Crippen MR) is 101 cm³/mol. The average Bonchev–Trinajstić information content (AvgIpc) is 3.39. The molecule has 1 saturated heterocycles. The summed E-state index contributed by atoms with van der Waals surface area (Å²) in [6.07, 6.45) is 0.852. The highest BCUT2D eigenvalue weighted by molar-refractivity contribution is 5.92. The maximum Gasteiger partial charge on any atom is 0.289 e. The summed E-state index contributed by atoms with van der Waals surface area (Å²) in [6, 6.07) is 15.0. The Hall–Kier alpha value is -3.22. The summed E-state index contributed by atoms with van der Waals surface area (Å²) >= 11 is 0. The van der Waals surface area contributed by atoms with Gasteiger partial charge in [0.25, 0.3) is 5.91 Å². The van der Waals surface area contributed by atoms with Gasteiger partial charge in [-0.3, -0.25) is 4.79 Å². The molecule has 1 fully saturated rings. The molecule has 0 bridgehead atoms. The fraction of sp³-hybridized carbons (Fsp3) is 0.238. The minimum Gasteiger partial charge on any atom is -0.371 e. The molecule has 144 valence electrons. The lowest BCUT2D eigenvalue weighted by Crippen LogP contribution is -2.30. The molecule has 5 nitrogen and oxygen atoms in total. The fourth-order valence-electron chi connectivity index (χ4n) is 3.37. The summed E-state index contributed by atoms with van der Waals surface area (Å²) in [4.78, 5) is 14.3. The van der Waals surface area contributed by atoms with E-state index in [0.29, 0.717) is 24.5 Å². The molecule has 4 rings (SSSR count). The van der Waals surface area contributed by atoms with E-state index in [1.807, 2.05) is 35.2 Å². The van der Waals surface area contributed by atoms with Crippen LogP contribution in [0.2, 0.25) is 0 Å². The SMILES string of the molecule is O=C(NCC1CCN(c2ccc(F)c(F)c2)C1)c1cc(-c2ccccc2)no1. The van der Waals surface area contributed by atoms with Gasteiger partial charge in [0.2, 0.25) is 5.76 Å². The molecule has 0 radical (unpaired) electrons. The van der Waals surface area contributed by atoms with Gasteiger partial charge in [-0.05, 0) is 24.5 Å². The van der Waals surface area contributed by atoms with Gasteiger partial charge in [0, 0.05) is 43.0 Å². The standard InChI is InChI=1S/C21H19F2N3O2/c22-17-7-6-16(10-18(17)23)26-9-8-14(13-26)12-24-21(27)20-11-19(25-28-20)15-4-2-1-3-5-15/h1-7,10-11,14H,8-9,12-13H2,(H,24,27). The summed E-state index contributed by atoms with van der Waals surface area (Å²) in [5, 5.41) is 6.81. The van der Waals surface area contributed by atoms with E-state index in [-0.39, 0.29) is 17.6 Å². The highest BCUT2D eigenvalue weighted by atomic mass is 19.2. The lowest BCUT2D eigenvalue weighted by Gasteiger charge is -2.19. The molecule has 2 heterocycles. The molecular weight excluding hydrogens is 364 g/mol. The molecule has 0 saturated carbocycles. The van der Waals surface area contributed by atoms with Gasteiger partial charge in [0.1, 0.15) is 5.69 Å². The van der Waals surface area contributed by atoms with Crippen LogP contribution in [-0.2, 0) is 0 Å². The van der Waals surface area contributed by atoms with Crippen molar-refractivity contribution in [2.24, 2.45) is 5.92 Å². The highest BCUT2D eigenvalue weighted by Gasteiger charge is 2.24. The van der Waals surface area contributed by atoms with Crippen molar-refractivity contribution >= 4 is 11.6 Å². The molecule has 7 heteroatoms. The normalized spacial score (nSPS) is 16.4. The Labute approximate surface area is 160 Å². The van der Waals surface area contributed by atoms with Crippen molar-refractivity contribution in [3.05, 3.63) is 72.0 Å². The highest BCUT2D eigenvalue weighted by Crippen LogP contribution is 2.25. The molecule has 0 aliphatic carbocycles. The van der Waals surface area contributed by atoms with Crippen LogP contribution in [-0.4, -0.2) is 30.7 Å². The Bertz CT molecular complexity index is 975. The van der Waals surface area contributed by atoms with Crippen molar-refractivity contribution in [1.29, 1.82) is 0 Å². The molecule has 1 aliphatic heterocycles. The van der Waals surface area contributed by atoms with E-state index in [1.165, 1.54) is 6.07 Å². The Morgan fingerprint density at radius 1 is 1.14 bits per heavy atom. The van der Waals surface area contributed by atoms with E-state index >= 15 is 0 Å². The second kappa shape index (κ2) is 7.80. The van der Waals surface area contributed by atoms with Crippen LogP contribution in [0.15, 0.2) is 59.1 Å². The van der Waals surface area contributed by atoms with Gasteiger partial charge >= 0.3 is 0 Å². The molecule has 1 unspecified atom stereocenters. The Morgan fingerprint density at radius 2 is 1.96 bits per heavy atom. The van der Waals surface area contributed by atoms with Gasteiger partial charge in [-0.15, -0.1) is 0 Å². The van der Waals surface area contributed by atoms with Crippen molar-refractivity contribution < 1.29 is 18.1 Å². The molecular formula is C21H19F2N3O2. The van der Waals surface area contributed by atoms with Crippen LogP contribution in [0.3, 0.4) is 0 Å². The maximum absolute atomic E-state index is 13.4. The lowest BCUT2D eigenvalue weighted by molar-refractivity contribution is 0.0911. The zero-order valence-corrected chi connectivity index (χ0v) is 15.1. The number of hydrogen-bond acceptors (Lipinski definition) is 4. The van der Waals surface area contributed by atoms with Crippen molar-refractivity contribution in [3.8, 4) is 11.3 Å². The molecule has 1 aromatic heterocycles. The number of rotatable bonds is 5. The first-order chi connectivity index (χ1) is 13.6. The van der Waals surface area contributed by atoms with E-state index in [2.05, 4.69) is 10.5 Å². The Balaban J connectivity index is 1.32. The zero-order valence-electron chi connectivity index (χ0n) is 15.1. The van der Waals surface area contributed by atoms with Gasteiger partial charge in [-0.25, -0.2) is 8.78 Å². The van der Waals surface area contributed by atoms with Crippen LogP contribution in [0.4, 0.5) is 14.5 Å². The Kier molecular flexibility index (Phi) is 5.06. The van der Waals surface area contributed by atoms with Gasteiger partial charge in [-0.2, -0.15) is 0 Å². The van der Waals surface area contributed by atoms with Crippen LogP contribution < -0.4 is 10.2 Å². The summed E-state index contributed by atoms with van der Waals surface area (Å²) in [7, 11) is 0. The largest absolute Gasteiger partial charge is 0.371 e. The second-order valence-electron chi connectivity index (χ2n) is 6.85. The number of hydrogen-bond donors (Lipinski definition) is 1. The molecule has 3 aromatic rings. The second-order valence-corrected chi connectivity index (χ2v) is 6.85. The number of carbonyl (C=O) groups excluding carboxylic acids is 1. The van der Waals surface area contributed by atoms with Crippen molar-refractivity contribution in [1.82, 2.24) is 10.5 Å². The zero-order chi connectivity index (χ0) is 19.5. The summed E-state index contributed by atoms with van der Waals surface area (Å²) in [5.74, 6) is -1.65. The van der Waals surface area contributed by atoms with E-state index in [1.54, 1.807) is 12.1 Å². The molecule has 1 aliphatic rings. The summed E-state index contributed by atoms with van der Waals surface area (Å²) in [5.41, 5.74) is 2.13. The molecule has 0 spiro atoms. The number of benzene rings is 2. The summed E-state index contributed by atoms with van der Waals surface area (Å²) in [6.45, 7) is 1.86. The minimum absolute atomic E-state index is 0.161. The predicted octanol–water partition coefficient (Wildman–Crippen LogP) is 3.88. The topological polar surface area (TPSA) is 58.4 Å². The van der Waals surface area contributed by atoms with Gasteiger partial charge < -0.3 is 14.7 Å². The third-order valence-corrected chi connectivity index (χ3v) is 4.91. The quantitative estimate of drug-likeness (QED) is 0.727. The van der Waals surface area contributed by atoms with Gasteiger partial charge in [0.05, 0.1) is 0 Å². The van der Waals surface area contributed by atoms with Crippen LogP contribution in [0, 0.1) is 17.6 Å². The summed E-state index contributed by atoms with van der Waals surface area (Å²) < 4.78 is 31.7. The molecule has 28 heavy (non-hydrogen) atoms. The number of nitrogens with one attached hydrogen (secondary N) is 1. The number of anilines is 1. The molecule has 1 atom stereocenters. The van der Waals surface area contributed by atoms with Crippen molar-refractivity contribution in [2.75, 3.05) is 24.5 Å². The number of nitrogens with zero attached hydrogens (tertiary/aromatic N) is 2. The van der Waals surface area contributed by atoms with Crippen molar-refractivity contribution in [3.63, 3.8) is 0 Å². The number of aromatic nitrogens is 1. The van der Waals surface area contributed by atoms with E-state index < -0.39 is 11.6 Å². The van der Waals surface area contributed by atoms with Crippen LogP contribution in [0.1, 0.15) is 17.0 Å². The smallest absolute Gasteiger partial charge is 0.289 e. The third-order valence-electron chi connectivity index (χ3n) is 4.91. The molecule has 1 N–H and O–H groups in total. The maximum atomic E-state index is 13.4. The number of amides is 1. The minimum atomic E-state index is -0.853. The molecule has 2 aromatic carbocycles. The number of halogens is 2. The van der Waals surface area contributed by atoms with Crippen LogP contribution >= 0.6 is 0 Å². The Morgan fingerprint density at radius 3 is 2.75 bits per heavy atom. The number of carbonyl (C=O) groups is 1. The van der Waals surface area contributed by atoms with Crippen LogP contribution in [0.25, 0.3) is 11.3 Å². The first kappa shape index (κ1) is 18.2. The van der Waals surface area contributed by atoms with E-state index in [4.69, 9.17) is 4.52 Å². The van der Waals surface area contributed by atoms with Gasteiger partial charge in [0.15, 0.2) is 11.6 Å². The van der Waals surface area contributed by atoms with E-state index in [0.717, 1.165) is 24.6 Å². The third kappa shape index (κ3) is 3.88. The monoisotopic (exact) mass is 383 g/mol. The first-order valence-corrected chi connectivity index (χ1v) is 9.10. The lowest BCUT2D eigenvalue weighted by atomic mass is 10.1. The average molecular weight is 383 g/mol. The molecule has 1 amide bonds. The van der Waals surface area contributed by atoms with Crippen LogP contribution in [0.5, 0.6) is 0 Å². The fourth-order valence-corrected chi connectivity index (χ4v) is 3.37. The van der Waals surface area contributed by atoms with Gasteiger partial charge in [-0.1, -0.05) is 35.5 Å².